The summed E-state index contributed by atoms with van der Waals surface area (Å²) in [5.74, 6) is -0.262. The molecule has 0 saturated carbocycles. The SMILES string of the molecule is CCOCCN(CC)c1cc(C(=O)O)ccn1. The van der Waals surface area contributed by atoms with Crippen molar-refractivity contribution in [3.8, 4) is 0 Å². The smallest absolute Gasteiger partial charge is 0.335 e. The number of carboxylic acids is 1. The summed E-state index contributed by atoms with van der Waals surface area (Å²) in [5.41, 5.74) is 0.254. The number of aromatic nitrogens is 1. The topological polar surface area (TPSA) is 62.7 Å². The van der Waals surface area contributed by atoms with Crippen LogP contribution >= 0.6 is 0 Å². The third kappa shape index (κ3) is 4.03. The van der Waals surface area contributed by atoms with Gasteiger partial charge in [-0.15, -0.1) is 0 Å². The molecular weight excluding hydrogens is 220 g/mol. The second kappa shape index (κ2) is 6.85. The van der Waals surface area contributed by atoms with E-state index >= 15 is 0 Å². The van der Waals surface area contributed by atoms with E-state index in [-0.39, 0.29) is 5.56 Å². The molecule has 0 radical (unpaired) electrons. The first-order valence-corrected chi connectivity index (χ1v) is 5.71. The fourth-order valence-electron chi connectivity index (χ4n) is 1.48. The van der Waals surface area contributed by atoms with Crippen LogP contribution in [0, 0.1) is 0 Å². The van der Waals surface area contributed by atoms with Gasteiger partial charge in [-0.2, -0.15) is 0 Å². The largest absolute Gasteiger partial charge is 0.478 e. The lowest BCUT2D eigenvalue weighted by atomic mass is 10.2. The van der Waals surface area contributed by atoms with Crippen LogP contribution in [0.25, 0.3) is 0 Å². The first-order valence-electron chi connectivity index (χ1n) is 5.71. The normalized spacial score (nSPS) is 10.2. The second-order valence-electron chi connectivity index (χ2n) is 3.48. The molecule has 0 spiro atoms. The summed E-state index contributed by atoms with van der Waals surface area (Å²) >= 11 is 0. The Balaban J connectivity index is 2.73. The number of carbonyl (C=O) groups is 1. The van der Waals surface area contributed by atoms with Gasteiger partial charge in [-0.05, 0) is 26.0 Å². The summed E-state index contributed by atoms with van der Waals surface area (Å²) in [6.07, 6.45) is 1.52. The summed E-state index contributed by atoms with van der Waals surface area (Å²) in [5, 5.41) is 8.91. The molecule has 0 aliphatic carbocycles. The molecule has 0 aliphatic rings. The third-order valence-corrected chi connectivity index (χ3v) is 2.41. The summed E-state index contributed by atoms with van der Waals surface area (Å²) in [6, 6.07) is 3.07. The Morgan fingerprint density at radius 3 is 2.88 bits per heavy atom. The minimum absolute atomic E-state index is 0.254. The van der Waals surface area contributed by atoms with E-state index < -0.39 is 5.97 Å². The van der Waals surface area contributed by atoms with Crippen LogP contribution in [0.15, 0.2) is 18.3 Å². The Hall–Kier alpha value is -1.62. The molecule has 1 heterocycles. The van der Waals surface area contributed by atoms with E-state index in [1.165, 1.54) is 12.3 Å². The highest BCUT2D eigenvalue weighted by Gasteiger charge is 2.09. The van der Waals surface area contributed by atoms with Gasteiger partial charge in [0.25, 0.3) is 0 Å². The Bertz CT molecular complexity index is 369. The Kier molecular flexibility index (Phi) is 5.42. The zero-order chi connectivity index (χ0) is 12.7. The van der Waals surface area contributed by atoms with Gasteiger partial charge in [-0.1, -0.05) is 0 Å². The van der Waals surface area contributed by atoms with Crippen LogP contribution in [-0.4, -0.2) is 42.4 Å². The first-order chi connectivity index (χ1) is 8.19. The van der Waals surface area contributed by atoms with Gasteiger partial charge in [0.1, 0.15) is 5.82 Å². The third-order valence-electron chi connectivity index (χ3n) is 2.41. The summed E-state index contributed by atoms with van der Waals surface area (Å²) in [6.45, 7) is 6.72. The predicted molar refractivity (Wildman–Crippen MR) is 65.6 cm³/mol. The molecule has 94 valence electrons. The minimum atomic E-state index is -0.936. The Morgan fingerprint density at radius 2 is 2.29 bits per heavy atom. The molecule has 0 amide bonds. The van der Waals surface area contributed by atoms with Gasteiger partial charge >= 0.3 is 5.97 Å². The highest BCUT2D eigenvalue weighted by Crippen LogP contribution is 2.12. The zero-order valence-electron chi connectivity index (χ0n) is 10.2. The molecular formula is C12H18N2O3. The van der Waals surface area contributed by atoms with E-state index in [0.29, 0.717) is 25.6 Å². The number of hydrogen-bond acceptors (Lipinski definition) is 4. The molecule has 1 N–H and O–H groups in total. The molecule has 0 bridgehead atoms. The number of carboxylic acid groups (broad SMARTS) is 1. The van der Waals surface area contributed by atoms with Gasteiger partial charge < -0.3 is 14.7 Å². The summed E-state index contributed by atoms with van der Waals surface area (Å²) in [7, 11) is 0. The monoisotopic (exact) mass is 238 g/mol. The molecule has 0 atom stereocenters. The molecule has 1 aromatic rings. The minimum Gasteiger partial charge on any atom is -0.478 e. The number of aromatic carboxylic acids is 1. The lowest BCUT2D eigenvalue weighted by Gasteiger charge is -2.21. The highest BCUT2D eigenvalue weighted by atomic mass is 16.5. The Morgan fingerprint density at radius 1 is 1.53 bits per heavy atom. The van der Waals surface area contributed by atoms with E-state index in [1.807, 2.05) is 18.7 Å². The van der Waals surface area contributed by atoms with E-state index in [1.54, 1.807) is 6.07 Å². The molecule has 0 fully saturated rings. The van der Waals surface area contributed by atoms with Gasteiger partial charge in [-0.3, -0.25) is 0 Å². The van der Waals surface area contributed by atoms with Gasteiger partial charge in [0.15, 0.2) is 0 Å². The van der Waals surface area contributed by atoms with Crippen molar-refractivity contribution in [2.45, 2.75) is 13.8 Å². The van der Waals surface area contributed by atoms with E-state index in [0.717, 1.165) is 6.54 Å². The van der Waals surface area contributed by atoms with Crippen LogP contribution in [0.2, 0.25) is 0 Å². The quantitative estimate of drug-likeness (QED) is 0.732. The van der Waals surface area contributed by atoms with Gasteiger partial charge in [-0.25, -0.2) is 9.78 Å². The van der Waals surface area contributed by atoms with Gasteiger partial charge in [0.05, 0.1) is 12.2 Å². The van der Waals surface area contributed by atoms with Crippen LogP contribution in [0.5, 0.6) is 0 Å². The number of nitrogens with zero attached hydrogens (tertiary/aromatic N) is 2. The molecule has 0 unspecified atom stereocenters. The molecule has 1 aromatic heterocycles. The lowest BCUT2D eigenvalue weighted by Crippen LogP contribution is -2.28. The van der Waals surface area contributed by atoms with Crippen molar-refractivity contribution in [3.63, 3.8) is 0 Å². The highest BCUT2D eigenvalue weighted by molar-refractivity contribution is 5.88. The van der Waals surface area contributed by atoms with Crippen LogP contribution in [0.3, 0.4) is 0 Å². The average molecular weight is 238 g/mol. The van der Waals surface area contributed by atoms with E-state index in [4.69, 9.17) is 9.84 Å². The molecule has 5 heteroatoms. The van der Waals surface area contributed by atoms with Crippen molar-refractivity contribution in [3.05, 3.63) is 23.9 Å². The van der Waals surface area contributed by atoms with Gasteiger partial charge in [0, 0.05) is 25.9 Å². The number of rotatable bonds is 7. The number of likely N-dealkylation sites (N-methyl/N-ethyl adjacent to an activating group) is 1. The van der Waals surface area contributed by atoms with Crippen molar-refractivity contribution in [1.82, 2.24) is 4.98 Å². The summed E-state index contributed by atoms with van der Waals surface area (Å²) in [4.78, 5) is 17.0. The molecule has 0 aromatic carbocycles. The number of hydrogen-bond donors (Lipinski definition) is 1. The Labute approximate surface area is 101 Å². The number of anilines is 1. The van der Waals surface area contributed by atoms with Crippen molar-refractivity contribution in [2.75, 3.05) is 31.2 Å². The maximum atomic E-state index is 10.9. The van der Waals surface area contributed by atoms with Crippen molar-refractivity contribution in [1.29, 1.82) is 0 Å². The summed E-state index contributed by atoms with van der Waals surface area (Å²) < 4.78 is 5.28. The van der Waals surface area contributed by atoms with Crippen LogP contribution in [0.4, 0.5) is 5.82 Å². The van der Waals surface area contributed by atoms with Crippen molar-refractivity contribution >= 4 is 11.8 Å². The van der Waals surface area contributed by atoms with Gasteiger partial charge in [0.2, 0.25) is 0 Å². The zero-order valence-corrected chi connectivity index (χ0v) is 10.2. The standard InChI is InChI=1S/C12H18N2O3/c1-3-14(7-8-17-4-2)11-9-10(12(15)16)5-6-13-11/h5-6,9H,3-4,7-8H2,1-2H3,(H,15,16). The molecule has 5 nitrogen and oxygen atoms in total. The fraction of sp³-hybridized carbons (Fsp3) is 0.500. The van der Waals surface area contributed by atoms with E-state index in [9.17, 15) is 4.79 Å². The maximum absolute atomic E-state index is 10.9. The molecule has 0 saturated heterocycles. The van der Waals surface area contributed by atoms with Crippen LogP contribution in [0.1, 0.15) is 24.2 Å². The molecule has 17 heavy (non-hydrogen) atoms. The van der Waals surface area contributed by atoms with E-state index in [2.05, 4.69) is 4.98 Å². The second-order valence-corrected chi connectivity index (χ2v) is 3.48. The first kappa shape index (κ1) is 13.4. The number of ether oxygens (including phenoxy) is 1. The fourth-order valence-corrected chi connectivity index (χ4v) is 1.48. The average Bonchev–Trinajstić information content (AvgIpc) is 2.35. The van der Waals surface area contributed by atoms with Crippen LogP contribution < -0.4 is 4.90 Å². The maximum Gasteiger partial charge on any atom is 0.335 e. The predicted octanol–water partition coefficient (Wildman–Crippen LogP) is 1.64. The van der Waals surface area contributed by atoms with Crippen molar-refractivity contribution in [2.24, 2.45) is 0 Å². The van der Waals surface area contributed by atoms with Crippen molar-refractivity contribution < 1.29 is 14.6 Å². The molecule has 0 aliphatic heterocycles. The lowest BCUT2D eigenvalue weighted by molar-refractivity contribution is 0.0697. The van der Waals surface area contributed by atoms with Crippen LogP contribution in [-0.2, 0) is 4.74 Å². The number of pyridine rings is 1. The molecule has 1 rings (SSSR count).